The second kappa shape index (κ2) is 8.16. The Morgan fingerprint density at radius 3 is 2.00 bits per heavy atom. The first-order chi connectivity index (χ1) is 16.4. The highest BCUT2D eigenvalue weighted by Gasteiger charge is 2.73. The van der Waals surface area contributed by atoms with Gasteiger partial charge >= 0.3 is 18.0 Å². The molecule has 4 rings (SSSR count). The molecule has 1 fully saturated rings. The maximum Gasteiger partial charge on any atom is 0.435 e. The molecule has 198 valence electrons. The second-order valence-electron chi connectivity index (χ2n) is 9.80. The summed E-state index contributed by atoms with van der Waals surface area (Å²) < 4.78 is 121. The van der Waals surface area contributed by atoms with E-state index in [0.717, 1.165) is 6.07 Å². The number of aryl methyl sites for hydroxylation is 1. The van der Waals surface area contributed by atoms with Crippen LogP contribution in [-0.4, -0.2) is 38.5 Å². The smallest absolute Gasteiger partial charge is 0.386 e. The Hall–Kier alpha value is -2.18. The number of alkyl halides is 7. The molecule has 0 amide bonds. The highest BCUT2D eigenvalue weighted by Crippen LogP contribution is 2.55. The molecule has 0 aromatic heterocycles. The lowest BCUT2D eigenvalue weighted by Gasteiger charge is -2.41. The van der Waals surface area contributed by atoms with Crippen LogP contribution >= 0.6 is 0 Å². The third-order valence-corrected chi connectivity index (χ3v) is 9.80. The summed E-state index contributed by atoms with van der Waals surface area (Å²) in [4.78, 5) is -0.105. The second-order valence-corrected chi connectivity index (χ2v) is 12.0. The summed E-state index contributed by atoms with van der Waals surface area (Å²) in [6, 6.07) is 6.64. The van der Waals surface area contributed by atoms with E-state index < -0.39 is 49.8 Å². The first kappa shape index (κ1) is 26.9. The van der Waals surface area contributed by atoms with Gasteiger partial charge in [0, 0.05) is 11.6 Å². The lowest BCUT2D eigenvalue weighted by Crippen LogP contribution is -2.51. The molecule has 12 heteroatoms. The molecule has 1 heterocycles. The Kier molecular flexibility index (Phi) is 6.09. The van der Waals surface area contributed by atoms with E-state index in [0.29, 0.717) is 17.7 Å². The third-order valence-electron chi connectivity index (χ3n) is 7.24. The van der Waals surface area contributed by atoms with Crippen molar-refractivity contribution in [3.63, 3.8) is 0 Å². The molecule has 36 heavy (non-hydrogen) atoms. The molecule has 2 aromatic rings. The number of hydrogen-bond acceptors (Lipinski definition) is 4. The van der Waals surface area contributed by atoms with Crippen molar-refractivity contribution in [2.75, 3.05) is 6.54 Å². The van der Waals surface area contributed by atoms with E-state index in [1.54, 1.807) is 0 Å². The molecule has 1 aliphatic heterocycles. The highest BCUT2D eigenvalue weighted by molar-refractivity contribution is 7.92. The van der Waals surface area contributed by atoms with Crippen molar-refractivity contribution >= 4 is 9.84 Å². The SMILES string of the molecule is CC(C)(O)c1ccc(S(=O)(=O)C23CCNC2CCc2cc(C(F)(C(F)(F)F)C(F)(F)F)ccc23)cc1. The standard InChI is InChI=1S/C24H24F7NO3S/c1-20(2,33)15-4-7-17(8-5-15)36(34,35)21-11-12-32-19(21)10-3-14-13-16(6-9-18(14)21)22(25,23(26,27)28)24(29,30)31/h4-9,13,19,32-33H,3,10-12H2,1-2H3. The predicted octanol–water partition coefficient (Wildman–Crippen LogP) is 5.18. The van der Waals surface area contributed by atoms with Gasteiger partial charge in [0.05, 0.1) is 10.5 Å². The summed E-state index contributed by atoms with van der Waals surface area (Å²) in [7, 11) is -4.22. The number of benzene rings is 2. The van der Waals surface area contributed by atoms with Crippen molar-refractivity contribution < 1.29 is 44.3 Å². The Bertz CT molecular complexity index is 1250. The maximum absolute atomic E-state index is 14.7. The average Bonchev–Trinajstić information content (AvgIpc) is 3.22. The Morgan fingerprint density at radius 2 is 1.47 bits per heavy atom. The zero-order valence-corrected chi connectivity index (χ0v) is 20.1. The summed E-state index contributed by atoms with van der Waals surface area (Å²) in [6.07, 6.45) is -12.4. The van der Waals surface area contributed by atoms with E-state index in [-0.39, 0.29) is 41.8 Å². The van der Waals surface area contributed by atoms with Gasteiger partial charge in [0.1, 0.15) is 4.75 Å². The van der Waals surface area contributed by atoms with Gasteiger partial charge in [-0.3, -0.25) is 0 Å². The van der Waals surface area contributed by atoms with Crippen molar-refractivity contribution in [1.82, 2.24) is 5.32 Å². The number of sulfone groups is 1. The Balaban J connectivity index is 1.88. The number of fused-ring (bicyclic) bond motifs is 3. The van der Waals surface area contributed by atoms with Crippen LogP contribution < -0.4 is 5.32 Å². The summed E-state index contributed by atoms with van der Waals surface area (Å²) in [5.41, 5.74) is -8.02. The molecule has 2 atom stereocenters. The van der Waals surface area contributed by atoms with E-state index in [1.807, 2.05) is 0 Å². The minimum Gasteiger partial charge on any atom is -0.386 e. The first-order valence-electron chi connectivity index (χ1n) is 11.1. The van der Waals surface area contributed by atoms with Crippen molar-refractivity contribution in [2.24, 2.45) is 0 Å². The van der Waals surface area contributed by atoms with E-state index >= 15 is 0 Å². The topological polar surface area (TPSA) is 66.4 Å². The molecule has 0 spiro atoms. The molecule has 2 unspecified atom stereocenters. The van der Waals surface area contributed by atoms with Crippen LogP contribution in [0.15, 0.2) is 47.4 Å². The van der Waals surface area contributed by atoms with Gasteiger partial charge in [0.2, 0.25) is 0 Å². The number of rotatable bonds is 4. The lowest BCUT2D eigenvalue weighted by atomic mass is 9.77. The monoisotopic (exact) mass is 539 g/mol. The summed E-state index contributed by atoms with van der Waals surface area (Å²) in [5, 5.41) is 13.3. The zero-order valence-electron chi connectivity index (χ0n) is 19.3. The van der Waals surface area contributed by atoms with Crippen molar-refractivity contribution in [1.29, 1.82) is 0 Å². The van der Waals surface area contributed by atoms with Gasteiger partial charge in [-0.1, -0.05) is 30.3 Å². The molecule has 1 saturated heterocycles. The molecule has 0 saturated carbocycles. The quantitative estimate of drug-likeness (QED) is 0.526. The highest BCUT2D eigenvalue weighted by atomic mass is 32.2. The number of nitrogens with one attached hydrogen (secondary N) is 1. The van der Waals surface area contributed by atoms with Gasteiger partial charge in [-0.25, -0.2) is 12.8 Å². The van der Waals surface area contributed by atoms with Crippen LogP contribution in [0.3, 0.4) is 0 Å². The lowest BCUT2D eigenvalue weighted by molar-refractivity contribution is -0.348. The van der Waals surface area contributed by atoms with Crippen molar-refractivity contribution in [2.45, 2.75) is 72.4 Å². The van der Waals surface area contributed by atoms with Crippen LogP contribution in [0.2, 0.25) is 0 Å². The Labute approximate surface area is 203 Å². The van der Waals surface area contributed by atoms with Crippen molar-refractivity contribution in [3.05, 3.63) is 64.7 Å². The normalized spacial score (nSPS) is 23.3. The van der Waals surface area contributed by atoms with E-state index in [2.05, 4.69) is 5.32 Å². The molecule has 0 bridgehead atoms. The molecule has 4 nitrogen and oxygen atoms in total. The van der Waals surface area contributed by atoms with Gasteiger partial charge in [-0.15, -0.1) is 0 Å². The fourth-order valence-electron chi connectivity index (χ4n) is 5.36. The van der Waals surface area contributed by atoms with E-state index in [9.17, 15) is 44.3 Å². The fraction of sp³-hybridized carbons (Fsp3) is 0.500. The van der Waals surface area contributed by atoms with E-state index in [4.69, 9.17) is 0 Å². The molecular formula is C24H24F7NO3S. The average molecular weight is 540 g/mol. The third kappa shape index (κ3) is 3.75. The van der Waals surface area contributed by atoms with Gasteiger partial charge in [0.15, 0.2) is 9.84 Å². The first-order valence-corrected chi connectivity index (χ1v) is 12.6. The van der Waals surface area contributed by atoms with Gasteiger partial charge in [-0.2, -0.15) is 26.3 Å². The molecular weight excluding hydrogens is 515 g/mol. The number of hydrogen-bond donors (Lipinski definition) is 2. The summed E-state index contributed by atoms with van der Waals surface area (Å²) in [5.74, 6) is 0. The number of halogens is 7. The van der Waals surface area contributed by atoms with Gasteiger partial charge < -0.3 is 10.4 Å². The van der Waals surface area contributed by atoms with Crippen LogP contribution in [0.1, 0.15) is 48.9 Å². The van der Waals surface area contributed by atoms with Crippen LogP contribution in [0, 0.1) is 0 Å². The largest absolute Gasteiger partial charge is 0.435 e. The predicted molar refractivity (Wildman–Crippen MR) is 117 cm³/mol. The maximum atomic E-state index is 14.7. The minimum atomic E-state index is -6.27. The van der Waals surface area contributed by atoms with Crippen LogP contribution in [0.4, 0.5) is 30.7 Å². The van der Waals surface area contributed by atoms with Crippen LogP contribution in [-0.2, 0) is 32.3 Å². The molecule has 2 aliphatic rings. The van der Waals surface area contributed by atoms with Crippen molar-refractivity contribution in [3.8, 4) is 0 Å². The van der Waals surface area contributed by atoms with Gasteiger partial charge in [0.25, 0.3) is 0 Å². The van der Waals surface area contributed by atoms with Crippen LogP contribution in [0.25, 0.3) is 0 Å². The molecule has 2 N–H and O–H groups in total. The van der Waals surface area contributed by atoms with Crippen LogP contribution in [0.5, 0.6) is 0 Å². The summed E-state index contributed by atoms with van der Waals surface area (Å²) >= 11 is 0. The molecule has 0 radical (unpaired) electrons. The number of aliphatic hydroxyl groups is 1. The molecule has 1 aliphatic carbocycles. The Morgan fingerprint density at radius 1 is 0.917 bits per heavy atom. The summed E-state index contributed by atoms with van der Waals surface area (Å²) in [6.45, 7) is 3.30. The van der Waals surface area contributed by atoms with Gasteiger partial charge in [-0.05, 0) is 68.5 Å². The zero-order chi connectivity index (χ0) is 26.9. The van der Waals surface area contributed by atoms with E-state index in [1.165, 1.54) is 38.1 Å². The molecule has 2 aromatic carbocycles. The fourth-order valence-corrected chi connectivity index (χ4v) is 7.71. The minimum absolute atomic E-state index is 0.0262.